The number of aromatic nitrogens is 4. The van der Waals surface area contributed by atoms with Crippen molar-refractivity contribution in [2.45, 2.75) is 20.8 Å². The molecule has 2 aromatic carbocycles. The normalized spacial score (nSPS) is 11.0. The summed E-state index contributed by atoms with van der Waals surface area (Å²) in [5.74, 6) is 0.399. The molecule has 0 aliphatic rings. The molecule has 0 saturated carbocycles. The monoisotopic (exact) mass is 388 g/mol. The van der Waals surface area contributed by atoms with Gasteiger partial charge in [0.25, 0.3) is 0 Å². The van der Waals surface area contributed by atoms with Crippen molar-refractivity contribution in [2.75, 3.05) is 11.4 Å². The van der Waals surface area contributed by atoms with Gasteiger partial charge in [-0.1, -0.05) is 36.4 Å². The lowest BCUT2D eigenvalue weighted by Gasteiger charge is -2.23. The minimum Gasteiger partial charge on any atom is -0.320 e. The van der Waals surface area contributed by atoms with Crippen molar-refractivity contribution >= 4 is 28.0 Å². The second-order valence-electron chi connectivity index (χ2n) is 6.71. The van der Waals surface area contributed by atoms with Crippen molar-refractivity contribution in [3.05, 3.63) is 76.4 Å². The molecule has 8 nitrogen and oxygen atoms in total. The van der Waals surface area contributed by atoms with Gasteiger partial charge in [0.2, 0.25) is 11.6 Å². The van der Waals surface area contributed by atoms with Crippen LogP contribution in [0.25, 0.3) is 16.6 Å². The topological polar surface area (TPSA) is 90.0 Å². The highest BCUT2D eigenvalue weighted by Gasteiger charge is 2.30. The lowest BCUT2D eigenvalue weighted by atomic mass is 10.1. The van der Waals surface area contributed by atoms with Gasteiger partial charge >= 0.3 is 5.69 Å². The van der Waals surface area contributed by atoms with Crippen LogP contribution >= 0.6 is 0 Å². The van der Waals surface area contributed by atoms with Crippen molar-refractivity contribution in [2.24, 2.45) is 0 Å². The van der Waals surface area contributed by atoms with Gasteiger partial charge in [0.05, 0.1) is 16.3 Å². The summed E-state index contributed by atoms with van der Waals surface area (Å²) in [6.45, 7) is 6.12. The van der Waals surface area contributed by atoms with Gasteiger partial charge in [-0.25, -0.2) is 14.6 Å². The Labute approximate surface area is 167 Å². The predicted molar refractivity (Wildman–Crippen MR) is 112 cm³/mol. The number of aryl methyl sites for hydroxylation is 2. The maximum atomic E-state index is 12.1. The first kappa shape index (κ1) is 18.5. The molecule has 0 aliphatic heterocycles. The Morgan fingerprint density at radius 3 is 2.55 bits per heavy atom. The number of benzene rings is 2. The molecule has 0 atom stereocenters. The minimum absolute atomic E-state index is 0.157. The van der Waals surface area contributed by atoms with Crippen molar-refractivity contribution in [3.63, 3.8) is 0 Å². The van der Waals surface area contributed by atoms with Gasteiger partial charge < -0.3 is 4.90 Å². The van der Waals surface area contributed by atoms with Crippen LogP contribution in [0.15, 0.2) is 54.9 Å². The van der Waals surface area contributed by atoms with Gasteiger partial charge in [0.1, 0.15) is 6.33 Å². The van der Waals surface area contributed by atoms with Crippen LogP contribution < -0.4 is 4.90 Å². The van der Waals surface area contributed by atoms with Crippen LogP contribution in [0.4, 0.5) is 17.2 Å². The van der Waals surface area contributed by atoms with Crippen LogP contribution in [0.1, 0.15) is 18.3 Å². The number of nitro groups is 1. The molecule has 2 aromatic heterocycles. The summed E-state index contributed by atoms with van der Waals surface area (Å²) in [5.41, 5.74) is 2.21. The van der Waals surface area contributed by atoms with Gasteiger partial charge in [0, 0.05) is 17.6 Å². The highest BCUT2D eigenvalue weighted by atomic mass is 16.6. The maximum absolute atomic E-state index is 12.1. The number of rotatable bonds is 5. The molecule has 8 heteroatoms. The SMILES string of the molecule is CCN(c1ncnc(-n2nc(C)cc2C)c1[N+](=O)[O-])c1cccc2ccccc12. The Bertz CT molecular complexity index is 1210. The average molecular weight is 388 g/mol. The average Bonchev–Trinajstić information content (AvgIpc) is 3.06. The summed E-state index contributed by atoms with van der Waals surface area (Å²) in [6, 6.07) is 15.7. The maximum Gasteiger partial charge on any atom is 0.356 e. The molecule has 0 saturated heterocycles. The molecule has 29 heavy (non-hydrogen) atoms. The summed E-state index contributed by atoms with van der Waals surface area (Å²) in [4.78, 5) is 22.0. The van der Waals surface area contributed by atoms with Crippen LogP contribution in [0.5, 0.6) is 0 Å². The fraction of sp³-hybridized carbons (Fsp3) is 0.190. The molecular formula is C21H20N6O2. The highest BCUT2D eigenvalue weighted by molar-refractivity contribution is 5.96. The summed E-state index contributed by atoms with van der Waals surface area (Å²) in [5, 5.41) is 18.5. The molecule has 0 fully saturated rings. The van der Waals surface area contributed by atoms with Crippen LogP contribution in [-0.4, -0.2) is 31.2 Å². The van der Waals surface area contributed by atoms with Crippen LogP contribution in [0, 0.1) is 24.0 Å². The molecule has 0 aliphatic carbocycles. The molecular weight excluding hydrogens is 368 g/mol. The smallest absolute Gasteiger partial charge is 0.320 e. The van der Waals surface area contributed by atoms with E-state index in [1.165, 1.54) is 11.0 Å². The van der Waals surface area contributed by atoms with E-state index in [0.29, 0.717) is 6.54 Å². The first-order valence-corrected chi connectivity index (χ1v) is 9.29. The van der Waals surface area contributed by atoms with Crippen LogP contribution in [0.2, 0.25) is 0 Å². The van der Waals surface area contributed by atoms with E-state index in [2.05, 4.69) is 15.1 Å². The molecule has 0 unspecified atom stereocenters. The number of nitrogens with zero attached hydrogens (tertiary/aromatic N) is 6. The molecule has 0 N–H and O–H groups in total. The van der Waals surface area contributed by atoms with E-state index < -0.39 is 4.92 Å². The standard InChI is InChI=1S/C21H20N6O2/c1-4-25(18-11-7-9-16-8-5-6-10-17(16)18)20-19(27(28)29)21(23-13-22-20)26-15(3)12-14(2)24-26/h5-13H,4H2,1-3H3. The third-order valence-electron chi connectivity index (χ3n) is 4.81. The minimum atomic E-state index is -0.436. The van der Waals surface area contributed by atoms with E-state index in [1.54, 1.807) is 0 Å². The predicted octanol–water partition coefficient (Wildman–Crippen LogP) is 4.50. The van der Waals surface area contributed by atoms with Gasteiger partial charge in [-0.3, -0.25) is 10.1 Å². The lowest BCUT2D eigenvalue weighted by Crippen LogP contribution is -2.21. The van der Waals surface area contributed by atoms with E-state index in [-0.39, 0.29) is 17.3 Å². The highest BCUT2D eigenvalue weighted by Crippen LogP contribution is 2.37. The zero-order valence-corrected chi connectivity index (χ0v) is 16.4. The van der Waals surface area contributed by atoms with Crippen molar-refractivity contribution < 1.29 is 4.92 Å². The molecule has 0 spiro atoms. The first-order chi connectivity index (χ1) is 14.0. The Balaban J connectivity index is 1.97. The Hall–Kier alpha value is -3.81. The molecule has 0 amide bonds. The summed E-state index contributed by atoms with van der Waals surface area (Å²) >= 11 is 0. The van der Waals surface area contributed by atoms with E-state index in [9.17, 15) is 10.1 Å². The van der Waals surface area contributed by atoms with Gasteiger partial charge in [0.15, 0.2) is 0 Å². The van der Waals surface area contributed by atoms with Gasteiger partial charge in [-0.2, -0.15) is 5.10 Å². The van der Waals surface area contributed by atoms with Crippen molar-refractivity contribution in [1.82, 2.24) is 19.7 Å². The van der Waals surface area contributed by atoms with Crippen LogP contribution in [0.3, 0.4) is 0 Å². The lowest BCUT2D eigenvalue weighted by molar-refractivity contribution is -0.384. The second-order valence-corrected chi connectivity index (χ2v) is 6.71. The number of fused-ring (bicyclic) bond motifs is 1. The number of hydrogen-bond acceptors (Lipinski definition) is 6. The zero-order valence-electron chi connectivity index (χ0n) is 16.4. The van der Waals surface area contributed by atoms with Gasteiger partial charge in [-0.15, -0.1) is 0 Å². The van der Waals surface area contributed by atoms with E-state index in [1.807, 2.05) is 74.2 Å². The third-order valence-corrected chi connectivity index (χ3v) is 4.81. The van der Waals surface area contributed by atoms with Crippen molar-refractivity contribution in [3.8, 4) is 5.82 Å². The molecule has 2 heterocycles. The quantitative estimate of drug-likeness (QED) is 0.369. The summed E-state index contributed by atoms with van der Waals surface area (Å²) in [7, 11) is 0. The molecule has 0 bridgehead atoms. The fourth-order valence-electron chi connectivity index (χ4n) is 3.60. The third kappa shape index (κ3) is 3.18. The number of anilines is 2. The Kier molecular flexibility index (Phi) is 4.67. The molecule has 146 valence electrons. The molecule has 4 rings (SSSR count). The fourth-order valence-corrected chi connectivity index (χ4v) is 3.60. The van der Waals surface area contributed by atoms with Crippen molar-refractivity contribution in [1.29, 1.82) is 0 Å². The summed E-state index contributed by atoms with van der Waals surface area (Å²) < 4.78 is 1.50. The molecule has 0 radical (unpaired) electrons. The molecule has 4 aromatic rings. The zero-order chi connectivity index (χ0) is 20.5. The largest absolute Gasteiger partial charge is 0.356 e. The first-order valence-electron chi connectivity index (χ1n) is 9.29. The second kappa shape index (κ2) is 7.31. The van der Waals surface area contributed by atoms with E-state index >= 15 is 0 Å². The Morgan fingerprint density at radius 1 is 1.10 bits per heavy atom. The van der Waals surface area contributed by atoms with Crippen LogP contribution in [-0.2, 0) is 0 Å². The summed E-state index contributed by atoms with van der Waals surface area (Å²) in [6.07, 6.45) is 1.35. The van der Waals surface area contributed by atoms with E-state index in [0.717, 1.165) is 27.8 Å². The Morgan fingerprint density at radius 2 is 1.86 bits per heavy atom. The van der Waals surface area contributed by atoms with Gasteiger partial charge in [-0.05, 0) is 38.3 Å². The van der Waals surface area contributed by atoms with E-state index in [4.69, 9.17) is 0 Å². The number of hydrogen-bond donors (Lipinski definition) is 0.